The zero-order valence-electron chi connectivity index (χ0n) is 20.3. The fraction of sp³-hybridized carbons (Fsp3) is 0.375. The summed E-state index contributed by atoms with van der Waals surface area (Å²) in [6.45, 7) is 1.69. The monoisotopic (exact) mass is 569 g/mol. The van der Waals surface area contributed by atoms with E-state index in [0.717, 1.165) is 52.6 Å². The minimum Gasteiger partial charge on any atom is -0.375 e. The highest BCUT2D eigenvalue weighted by molar-refractivity contribution is 7.91. The molecule has 14 heteroatoms. The average Bonchev–Trinajstić information content (AvgIpc) is 3.21. The van der Waals surface area contributed by atoms with Crippen LogP contribution in [0.25, 0.3) is 0 Å². The number of halogens is 3. The van der Waals surface area contributed by atoms with E-state index in [1.807, 2.05) is 0 Å². The van der Waals surface area contributed by atoms with Crippen LogP contribution in [-0.2, 0) is 46.1 Å². The number of anilines is 2. The second kappa shape index (κ2) is 10.8. The Hall–Kier alpha value is -3.39. The summed E-state index contributed by atoms with van der Waals surface area (Å²) in [7, 11) is -4.22. The third kappa shape index (κ3) is 6.72. The van der Waals surface area contributed by atoms with Gasteiger partial charge in [0, 0.05) is 17.1 Å². The van der Waals surface area contributed by atoms with Crippen LogP contribution in [0, 0.1) is 12.8 Å². The molecule has 3 aromatic rings. The number of nitrogen functional groups attached to an aromatic ring is 1. The Bertz CT molecular complexity index is 1520. The standard InChI is InChI=1S/C24H26F3N5O4S2/c1-14-5-7-19(31-38(35,36)13-16-3-2-4-17(9-16)24(25,26)27)22(34)32(14)12-21(33)29-11-15-6-8-18-20(10-15)37-23(28)30-18/h2-5,7,9,15,31H,6,8,10-13H2,1H3,(H2,28,30)(H,29,33). The van der Waals surface area contributed by atoms with Gasteiger partial charge < -0.3 is 15.6 Å². The molecule has 0 radical (unpaired) electrons. The van der Waals surface area contributed by atoms with Crippen LogP contribution in [-0.4, -0.2) is 30.4 Å². The van der Waals surface area contributed by atoms with Gasteiger partial charge in [0.1, 0.15) is 12.2 Å². The number of carbonyl (C=O) groups excluding carboxylic acids is 1. The molecule has 4 rings (SSSR count). The summed E-state index contributed by atoms with van der Waals surface area (Å²) in [6.07, 6.45) is -2.23. The first kappa shape index (κ1) is 27.6. The Morgan fingerprint density at radius 2 is 2.03 bits per heavy atom. The molecule has 4 N–H and O–H groups in total. The van der Waals surface area contributed by atoms with Crippen molar-refractivity contribution in [2.45, 2.75) is 44.7 Å². The summed E-state index contributed by atoms with van der Waals surface area (Å²) < 4.78 is 67.4. The predicted molar refractivity (Wildman–Crippen MR) is 138 cm³/mol. The minimum atomic E-state index is -4.62. The number of sulfonamides is 1. The summed E-state index contributed by atoms with van der Waals surface area (Å²) in [5, 5.41) is 3.36. The van der Waals surface area contributed by atoms with Crippen molar-refractivity contribution in [3.05, 3.63) is 74.1 Å². The van der Waals surface area contributed by atoms with Crippen molar-refractivity contribution in [3.63, 3.8) is 0 Å². The number of amides is 1. The average molecular weight is 570 g/mol. The molecule has 0 bridgehead atoms. The Kier molecular flexibility index (Phi) is 7.83. The maximum absolute atomic E-state index is 13.0. The van der Waals surface area contributed by atoms with Crippen LogP contribution in [0.4, 0.5) is 24.0 Å². The van der Waals surface area contributed by atoms with E-state index in [-0.39, 0.29) is 23.7 Å². The number of carbonyl (C=O) groups is 1. The molecule has 9 nitrogen and oxygen atoms in total. The van der Waals surface area contributed by atoms with Crippen LogP contribution >= 0.6 is 11.3 Å². The lowest BCUT2D eigenvalue weighted by Gasteiger charge is -2.21. The van der Waals surface area contributed by atoms with E-state index >= 15 is 0 Å². The third-order valence-corrected chi connectivity index (χ3v) is 8.41. The quantitative estimate of drug-likeness (QED) is 0.382. The molecule has 2 aromatic heterocycles. The van der Waals surface area contributed by atoms with Crippen molar-refractivity contribution >= 4 is 38.1 Å². The van der Waals surface area contributed by atoms with Crippen molar-refractivity contribution < 1.29 is 26.4 Å². The smallest absolute Gasteiger partial charge is 0.375 e. The van der Waals surface area contributed by atoms with Crippen LogP contribution in [0.5, 0.6) is 0 Å². The molecule has 38 heavy (non-hydrogen) atoms. The highest BCUT2D eigenvalue weighted by Gasteiger charge is 2.31. The molecule has 0 spiro atoms. The number of nitrogens with one attached hydrogen (secondary N) is 2. The summed E-state index contributed by atoms with van der Waals surface area (Å²) in [4.78, 5) is 31.0. The summed E-state index contributed by atoms with van der Waals surface area (Å²) in [5.74, 6) is -0.967. The molecule has 0 saturated heterocycles. The molecule has 1 unspecified atom stereocenters. The van der Waals surface area contributed by atoms with Crippen molar-refractivity contribution in [2.24, 2.45) is 5.92 Å². The largest absolute Gasteiger partial charge is 0.416 e. The Morgan fingerprint density at radius 1 is 1.26 bits per heavy atom. The van der Waals surface area contributed by atoms with Crippen LogP contribution in [0.3, 0.4) is 0 Å². The molecule has 1 aromatic carbocycles. The number of alkyl halides is 3. The number of rotatable bonds is 8. The Labute approximate surface area is 220 Å². The van der Waals surface area contributed by atoms with Crippen molar-refractivity contribution in [1.82, 2.24) is 14.9 Å². The fourth-order valence-electron chi connectivity index (χ4n) is 4.30. The number of nitrogens with zero attached hydrogens (tertiary/aromatic N) is 2. The molecule has 1 amide bonds. The van der Waals surface area contributed by atoms with Crippen LogP contribution in [0.2, 0.25) is 0 Å². The minimum absolute atomic E-state index is 0.0880. The second-order valence-electron chi connectivity index (χ2n) is 9.17. The number of benzene rings is 1. The number of hydrogen-bond acceptors (Lipinski definition) is 7. The number of aromatic nitrogens is 2. The maximum Gasteiger partial charge on any atom is 0.416 e. The van der Waals surface area contributed by atoms with Gasteiger partial charge in [-0.05, 0) is 55.9 Å². The van der Waals surface area contributed by atoms with Crippen molar-refractivity contribution in [2.75, 3.05) is 17.0 Å². The van der Waals surface area contributed by atoms with E-state index in [1.165, 1.54) is 29.5 Å². The first-order valence-electron chi connectivity index (χ1n) is 11.7. The molecule has 1 aliphatic carbocycles. The summed E-state index contributed by atoms with van der Waals surface area (Å²) >= 11 is 1.45. The number of thiazole rings is 1. The van der Waals surface area contributed by atoms with Gasteiger partial charge >= 0.3 is 6.18 Å². The van der Waals surface area contributed by atoms with E-state index in [0.29, 0.717) is 17.4 Å². The molecule has 1 aliphatic rings. The molecule has 2 heterocycles. The third-order valence-electron chi connectivity index (χ3n) is 6.22. The van der Waals surface area contributed by atoms with Gasteiger partial charge in [0.05, 0.1) is 17.0 Å². The van der Waals surface area contributed by atoms with E-state index in [1.54, 1.807) is 6.92 Å². The number of pyridine rings is 1. The Morgan fingerprint density at radius 3 is 2.76 bits per heavy atom. The molecular weight excluding hydrogens is 543 g/mol. The highest BCUT2D eigenvalue weighted by Crippen LogP contribution is 2.31. The fourth-order valence-corrected chi connectivity index (χ4v) is 6.47. The maximum atomic E-state index is 13.0. The van der Waals surface area contributed by atoms with Crippen LogP contribution in [0.1, 0.15) is 33.8 Å². The zero-order chi connectivity index (χ0) is 27.7. The SMILES string of the molecule is Cc1ccc(NS(=O)(=O)Cc2cccc(C(F)(F)F)c2)c(=O)n1CC(=O)NCC1CCc2nc(N)sc2C1. The number of nitrogens with two attached hydrogens (primary N) is 1. The number of aryl methyl sites for hydroxylation is 2. The summed E-state index contributed by atoms with van der Waals surface area (Å²) in [5.41, 5.74) is 5.11. The predicted octanol–water partition coefficient (Wildman–Crippen LogP) is 3.08. The van der Waals surface area contributed by atoms with E-state index in [2.05, 4.69) is 15.0 Å². The zero-order valence-corrected chi connectivity index (χ0v) is 22.0. The highest BCUT2D eigenvalue weighted by atomic mass is 32.2. The van der Waals surface area contributed by atoms with Gasteiger partial charge in [-0.15, -0.1) is 11.3 Å². The van der Waals surface area contributed by atoms with Crippen molar-refractivity contribution in [1.29, 1.82) is 0 Å². The lowest BCUT2D eigenvalue weighted by atomic mass is 9.91. The summed E-state index contributed by atoms with van der Waals surface area (Å²) in [6, 6.07) is 6.69. The van der Waals surface area contributed by atoms with Gasteiger partial charge in [0.25, 0.3) is 5.56 Å². The van der Waals surface area contributed by atoms with Gasteiger partial charge in [-0.2, -0.15) is 13.2 Å². The van der Waals surface area contributed by atoms with Crippen molar-refractivity contribution in [3.8, 4) is 0 Å². The lowest BCUT2D eigenvalue weighted by Crippen LogP contribution is -2.37. The second-order valence-corrected chi connectivity index (χ2v) is 12.0. The molecule has 0 saturated carbocycles. The van der Waals surface area contributed by atoms with Gasteiger partial charge in [0.15, 0.2) is 5.13 Å². The molecule has 0 aliphatic heterocycles. The first-order chi connectivity index (χ1) is 17.8. The number of hydrogen-bond donors (Lipinski definition) is 3. The van der Waals surface area contributed by atoms with Crippen LogP contribution in [0.15, 0.2) is 41.2 Å². The molecular formula is C24H26F3N5O4S2. The first-order valence-corrected chi connectivity index (χ1v) is 14.2. The normalized spacial score (nSPS) is 15.6. The van der Waals surface area contributed by atoms with Gasteiger partial charge in [0.2, 0.25) is 15.9 Å². The molecule has 0 fully saturated rings. The molecule has 204 valence electrons. The van der Waals surface area contributed by atoms with E-state index < -0.39 is 39.0 Å². The van der Waals surface area contributed by atoms with Gasteiger partial charge in [-0.25, -0.2) is 13.4 Å². The van der Waals surface area contributed by atoms with Gasteiger partial charge in [-0.3, -0.25) is 14.3 Å². The van der Waals surface area contributed by atoms with Gasteiger partial charge in [-0.1, -0.05) is 18.2 Å². The number of fused-ring (bicyclic) bond motifs is 1. The van der Waals surface area contributed by atoms with E-state index in [9.17, 15) is 31.2 Å². The topological polar surface area (TPSA) is 136 Å². The van der Waals surface area contributed by atoms with Crippen LogP contribution < -0.4 is 21.3 Å². The van der Waals surface area contributed by atoms with E-state index in [4.69, 9.17) is 5.73 Å². The lowest BCUT2D eigenvalue weighted by molar-refractivity contribution is -0.137. The Balaban J connectivity index is 1.40. The molecule has 1 atom stereocenters.